The van der Waals surface area contributed by atoms with Gasteiger partial charge in [0, 0.05) is 32.9 Å². The van der Waals surface area contributed by atoms with Gasteiger partial charge in [0.1, 0.15) is 9.84 Å². The highest BCUT2D eigenvalue weighted by atomic mass is 32.2. The van der Waals surface area contributed by atoms with Gasteiger partial charge in [0.25, 0.3) is 0 Å². The van der Waals surface area contributed by atoms with Gasteiger partial charge in [-0.2, -0.15) is 0 Å². The van der Waals surface area contributed by atoms with E-state index in [0.717, 1.165) is 19.0 Å². The fourth-order valence-corrected chi connectivity index (χ4v) is 3.10. The van der Waals surface area contributed by atoms with Gasteiger partial charge in [-0.3, -0.25) is 4.99 Å². The number of rotatable bonds is 5. The smallest absolute Gasteiger partial charge is 0.193 e. The Labute approximate surface area is 117 Å². The molecular weight excluding hydrogens is 262 g/mol. The second-order valence-corrected chi connectivity index (χ2v) is 7.74. The molecule has 5 nitrogen and oxygen atoms in total. The lowest BCUT2D eigenvalue weighted by Crippen LogP contribution is -2.42. The van der Waals surface area contributed by atoms with Crippen LogP contribution >= 0.6 is 0 Å². The molecule has 1 rings (SSSR count). The minimum absolute atomic E-state index is 0.145. The highest BCUT2D eigenvalue weighted by Crippen LogP contribution is 2.36. The monoisotopic (exact) mass is 289 g/mol. The van der Waals surface area contributed by atoms with E-state index >= 15 is 0 Å². The van der Waals surface area contributed by atoms with Gasteiger partial charge in [-0.25, -0.2) is 8.42 Å². The van der Waals surface area contributed by atoms with Crippen LogP contribution in [0.3, 0.4) is 0 Å². The van der Waals surface area contributed by atoms with E-state index in [1.807, 2.05) is 0 Å². The van der Waals surface area contributed by atoms with E-state index in [0.29, 0.717) is 12.0 Å². The Morgan fingerprint density at radius 3 is 2.42 bits per heavy atom. The number of guanidine groups is 1. The SMILES string of the molecule is CCC1(CC)CCN(C(=NC)NCCS(C)(=O)=O)C1. The van der Waals surface area contributed by atoms with Crippen LogP contribution in [0.25, 0.3) is 0 Å². The molecule has 1 saturated heterocycles. The van der Waals surface area contributed by atoms with Crippen LogP contribution in [0.5, 0.6) is 0 Å². The summed E-state index contributed by atoms with van der Waals surface area (Å²) in [5, 5.41) is 3.15. The van der Waals surface area contributed by atoms with Gasteiger partial charge in [0.05, 0.1) is 5.75 Å². The summed E-state index contributed by atoms with van der Waals surface area (Å²) in [6.45, 7) is 6.92. The predicted octanol–water partition coefficient (Wildman–Crippen LogP) is 1.12. The fraction of sp³-hybridized carbons (Fsp3) is 0.923. The second-order valence-electron chi connectivity index (χ2n) is 5.48. The van der Waals surface area contributed by atoms with Gasteiger partial charge in [-0.05, 0) is 24.7 Å². The molecule has 0 unspecified atom stereocenters. The molecule has 1 aliphatic heterocycles. The molecule has 1 fully saturated rings. The van der Waals surface area contributed by atoms with E-state index in [2.05, 4.69) is 29.1 Å². The molecule has 1 heterocycles. The molecule has 0 aromatic heterocycles. The lowest BCUT2D eigenvalue weighted by Gasteiger charge is -2.27. The quantitative estimate of drug-likeness (QED) is 0.608. The average molecular weight is 289 g/mol. The first-order valence-electron chi connectivity index (χ1n) is 6.99. The molecule has 0 radical (unpaired) electrons. The van der Waals surface area contributed by atoms with E-state index in [4.69, 9.17) is 0 Å². The van der Waals surface area contributed by atoms with Crippen molar-refractivity contribution in [1.82, 2.24) is 10.2 Å². The molecule has 0 aromatic carbocycles. The summed E-state index contributed by atoms with van der Waals surface area (Å²) in [5.41, 5.74) is 0.397. The standard InChI is InChI=1S/C13H27N3O2S/c1-5-13(6-2)7-9-16(11-13)12(14-3)15-8-10-19(4,17)18/h5-11H2,1-4H3,(H,14,15). The molecule has 6 heteroatoms. The van der Waals surface area contributed by atoms with Gasteiger partial charge in [-0.15, -0.1) is 0 Å². The third-order valence-electron chi connectivity index (χ3n) is 4.21. The maximum absolute atomic E-state index is 11.1. The zero-order chi connectivity index (χ0) is 14.5. The minimum Gasteiger partial charge on any atom is -0.355 e. The topological polar surface area (TPSA) is 61.8 Å². The summed E-state index contributed by atoms with van der Waals surface area (Å²) in [4.78, 5) is 6.51. The van der Waals surface area contributed by atoms with Gasteiger partial charge < -0.3 is 10.2 Å². The Bertz CT molecular complexity index is 414. The van der Waals surface area contributed by atoms with Crippen molar-refractivity contribution in [3.63, 3.8) is 0 Å². The molecule has 0 saturated carbocycles. The third-order valence-corrected chi connectivity index (χ3v) is 5.15. The first-order chi connectivity index (χ1) is 8.86. The highest BCUT2D eigenvalue weighted by Gasteiger charge is 2.36. The number of nitrogens with one attached hydrogen (secondary N) is 1. The van der Waals surface area contributed by atoms with Gasteiger partial charge in [0.2, 0.25) is 0 Å². The van der Waals surface area contributed by atoms with Crippen LogP contribution in [-0.4, -0.2) is 58.0 Å². The van der Waals surface area contributed by atoms with Crippen molar-refractivity contribution in [2.75, 3.05) is 38.7 Å². The van der Waals surface area contributed by atoms with Crippen LogP contribution in [0.1, 0.15) is 33.1 Å². The lowest BCUT2D eigenvalue weighted by molar-refractivity contribution is 0.276. The summed E-state index contributed by atoms with van der Waals surface area (Å²) in [6.07, 6.45) is 4.81. The van der Waals surface area contributed by atoms with Crippen LogP contribution in [-0.2, 0) is 9.84 Å². The molecule has 19 heavy (non-hydrogen) atoms. The summed E-state index contributed by atoms with van der Waals surface area (Å²) in [5.74, 6) is 0.972. The van der Waals surface area contributed by atoms with E-state index in [-0.39, 0.29) is 5.75 Å². The Hall–Kier alpha value is -0.780. The first kappa shape index (κ1) is 16.3. The van der Waals surface area contributed by atoms with Crippen molar-refractivity contribution in [1.29, 1.82) is 0 Å². The van der Waals surface area contributed by atoms with Gasteiger partial charge in [0.15, 0.2) is 5.96 Å². The van der Waals surface area contributed by atoms with Crippen LogP contribution in [0.15, 0.2) is 4.99 Å². The van der Waals surface area contributed by atoms with Crippen molar-refractivity contribution in [2.45, 2.75) is 33.1 Å². The number of hydrogen-bond donors (Lipinski definition) is 1. The normalized spacial score (nSPS) is 19.8. The third kappa shape index (κ3) is 4.67. The van der Waals surface area contributed by atoms with E-state index in [1.54, 1.807) is 7.05 Å². The zero-order valence-corrected chi connectivity index (χ0v) is 13.4. The van der Waals surface area contributed by atoms with E-state index < -0.39 is 9.84 Å². The van der Waals surface area contributed by atoms with Crippen LogP contribution in [0.4, 0.5) is 0 Å². The molecule has 112 valence electrons. The second kappa shape index (κ2) is 6.59. The number of nitrogens with zero attached hydrogens (tertiary/aromatic N) is 2. The lowest BCUT2D eigenvalue weighted by atomic mass is 9.82. The average Bonchev–Trinajstić information content (AvgIpc) is 2.78. The fourth-order valence-electron chi connectivity index (χ4n) is 2.62. The van der Waals surface area contributed by atoms with Gasteiger partial charge in [-0.1, -0.05) is 13.8 Å². The van der Waals surface area contributed by atoms with E-state index in [9.17, 15) is 8.42 Å². The number of likely N-dealkylation sites (tertiary alicyclic amines) is 1. The predicted molar refractivity (Wildman–Crippen MR) is 80.3 cm³/mol. The van der Waals surface area contributed by atoms with E-state index in [1.165, 1.54) is 25.5 Å². The number of hydrogen-bond acceptors (Lipinski definition) is 3. The summed E-state index contributed by atoms with van der Waals surface area (Å²) in [6, 6.07) is 0. The Morgan fingerprint density at radius 2 is 2.00 bits per heavy atom. The Balaban J connectivity index is 2.54. The maximum Gasteiger partial charge on any atom is 0.193 e. The van der Waals surface area contributed by atoms with Crippen LogP contribution in [0, 0.1) is 5.41 Å². The molecule has 1 N–H and O–H groups in total. The van der Waals surface area contributed by atoms with Crippen molar-refractivity contribution < 1.29 is 8.42 Å². The molecule has 0 spiro atoms. The molecule has 0 bridgehead atoms. The minimum atomic E-state index is -2.92. The summed E-state index contributed by atoms with van der Waals surface area (Å²) >= 11 is 0. The van der Waals surface area contributed by atoms with Crippen LogP contribution < -0.4 is 5.32 Å². The molecule has 0 aliphatic carbocycles. The zero-order valence-electron chi connectivity index (χ0n) is 12.6. The molecule has 0 amide bonds. The molecule has 0 aromatic rings. The van der Waals surface area contributed by atoms with Gasteiger partial charge >= 0.3 is 0 Å². The van der Waals surface area contributed by atoms with Crippen molar-refractivity contribution in [2.24, 2.45) is 10.4 Å². The van der Waals surface area contributed by atoms with Crippen molar-refractivity contribution in [3.05, 3.63) is 0 Å². The molecular formula is C13H27N3O2S. The van der Waals surface area contributed by atoms with Crippen LogP contribution in [0.2, 0.25) is 0 Å². The number of aliphatic imine (C=N–C) groups is 1. The van der Waals surface area contributed by atoms with Crippen molar-refractivity contribution >= 4 is 15.8 Å². The first-order valence-corrected chi connectivity index (χ1v) is 9.05. The Morgan fingerprint density at radius 1 is 1.37 bits per heavy atom. The molecule has 0 atom stereocenters. The largest absolute Gasteiger partial charge is 0.355 e. The summed E-state index contributed by atoms with van der Waals surface area (Å²) in [7, 11) is -1.17. The Kier molecular flexibility index (Phi) is 5.64. The maximum atomic E-state index is 11.1. The number of sulfone groups is 1. The summed E-state index contributed by atoms with van der Waals surface area (Å²) < 4.78 is 22.2. The highest BCUT2D eigenvalue weighted by molar-refractivity contribution is 7.90. The molecule has 1 aliphatic rings. The van der Waals surface area contributed by atoms with Crippen molar-refractivity contribution in [3.8, 4) is 0 Å².